The highest BCUT2D eigenvalue weighted by Crippen LogP contribution is 2.33. The second kappa shape index (κ2) is 5.74. The first-order valence-corrected chi connectivity index (χ1v) is 8.30. The molecule has 0 aliphatic rings. The molecule has 4 rings (SSSR count). The fourth-order valence-corrected chi connectivity index (χ4v) is 3.53. The minimum absolute atomic E-state index is 0.201. The standard InChI is InChI=1S/C17H10ClN3O2S/c18-10-2-1-3-11(7-10)20-16-14-15(24-8-19-14)12-5-4-9(17(22)23)6-13(12)21-16/h1-8H,(H,20,21)(H,22,23). The number of nitrogens with zero attached hydrogens (tertiary/aromatic N) is 2. The minimum atomic E-state index is -0.979. The predicted molar refractivity (Wildman–Crippen MR) is 96.6 cm³/mol. The van der Waals surface area contributed by atoms with E-state index in [1.165, 1.54) is 11.3 Å². The molecule has 5 nitrogen and oxygen atoms in total. The lowest BCUT2D eigenvalue weighted by Gasteiger charge is -2.09. The number of rotatable bonds is 3. The zero-order valence-electron chi connectivity index (χ0n) is 12.2. The van der Waals surface area contributed by atoms with Crippen LogP contribution in [-0.4, -0.2) is 21.0 Å². The van der Waals surface area contributed by atoms with Gasteiger partial charge >= 0.3 is 5.97 Å². The summed E-state index contributed by atoms with van der Waals surface area (Å²) in [6.07, 6.45) is 0. The van der Waals surface area contributed by atoms with E-state index in [0.717, 1.165) is 21.3 Å². The van der Waals surface area contributed by atoms with Crippen LogP contribution in [0.4, 0.5) is 11.5 Å². The van der Waals surface area contributed by atoms with Crippen LogP contribution in [0.15, 0.2) is 48.0 Å². The number of halogens is 1. The van der Waals surface area contributed by atoms with Crippen molar-refractivity contribution in [1.29, 1.82) is 0 Å². The number of fused-ring (bicyclic) bond motifs is 3. The summed E-state index contributed by atoms with van der Waals surface area (Å²) in [6, 6.07) is 12.2. The first-order chi connectivity index (χ1) is 11.6. The molecule has 0 unspecified atom stereocenters. The number of aromatic carboxylic acids is 1. The average molecular weight is 356 g/mol. The maximum absolute atomic E-state index is 11.2. The zero-order valence-corrected chi connectivity index (χ0v) is 13.7. The van der Waals surface area contributed by atoms with Crippen LogP contribution in [0.1, 0.15) is 10.4 Å². The molecule has 2 aromatic heterocycles. The van der Waals surface area contributed by atoms with Gasteiger partial charge in [0.1, 0.15) is 5.52 Å². The van der Waals surface area contributed by atoms with Gasteiger partial charge < -0.3 is 10.4 Å². The fraction of sp³-hybridized carbons (Fsp3) is 0. The van der Waals surface area contributed by atoms with Crippen molar-refractivity contribution in [3.05, 3.63) is 58.6 Å². The van der Waals surface area contributed by atoms with Crippen molar-refractivity contribution in [3.63, 3.8) is 0 Å². The maximum atomic E-state index is 11.2. The monoisotopic (exact) mass is 355 g/mol. The lowest BCUT2D eigenvalue weighted by atomic mass is 10.1. The number of anilines is 2. The van der Waals surface area contributed by atoms with Crippen molar-refractivity contribution in [2.24, 2.45) is 0 Å². The van der Waals surface area contributed by atoms with E-state index in [0.29, 0.717) is 16.4 Å². The summed E-state index contributed by atoms with van der Waals surface area (Å²) in [5, 5.41) is 13.9. The Kier molecular flexibility index (Phi) is 3.55. The number of carboxylic acids is 1. The molecule has 2 heterocycles. The highest BCUT2D eigenvalue weighted by molar-refractivity contribution is 7.17. The van der Waals surface area contributed by atoms with Gasteiger partial charge in [0.05, 0.1) is 21.3 Å². The van der Waals surface area contributed by atoms with Gasteiger partial charge in [-0.2, -0.15) is 0 Å². The van der Waals surface area contributed by atoms with E-state index in [2.05, 4.69) is 15.3 Å². The topological polar surface area (TPSA) is 75.1 Å². The molecule has 0 aliphatic heterocycles. The van der Waals surface area contributed by atoms with E-state index in [-0.39, 0.29) is 5.56 Å². The molecule has 2 N–H and O–H groups in total. The maximum Gasteiger partial charge on any atom is 0.335 e. The van der Waals surface area contributed by atoms with E-state index >= 15 is 0 Å². The number of nitrogens with one attached hydrogen (secondary N) is 1. The molecule has 0 spiro atoms. The molecule has 0 atom stereocenters. The van der Waals surface area contributed by atoms with Gasteiger partial charge in [-0.3, -0.25) is 0 Å². The minimum Gasteiger partial charge on any atom is -0.478 e. The van der Waals surface area contributed by atoms with E-state index in [4.69, 9.17) is 11.6 Å². The summed E-state index contributed by atoms with van der Waals surface area (Å²) < 4.78 is 0.960. The summed E-state index contributed by atoms with van der Waals surface area (Å²) in [5.41, 5.74) is 4.09. The van der Waals surface area contributed by atoms with Crippen molar-refractivity contribution in [2.75, 3.05) is 5.32 Å². The van der Waals surface area contributed by atoms with E-state index < -0.39 is 5.97 Å². The number of benzene rings is 2. The van der Waals surface area contributed by atoms with Crippen LogP contribution in [-0.2, 0) is 0 Å². The number of hydrogen-bond donors (Lipinski definition) is 2. The quantitative estimate of drug-likeness (QED) is 0.544. The van der Waals surface area contributed by atoms with Crippen LogP contribution in [0.5, 0.6) is 0 Å². The van der Waals surface area contributed by atoms with Crippen LogP contribution >= 0.6 is 22.9 Å². The van der Waals surface area contributed by atoms with Crippen molar-refractivity contribution in [2.45, 2.75) is 0 Å². The van der Waals surface area contributed by atoms with Crippen molar-refractivity contribution in [1.82, 2.24) is 9.97 Å². The number of thiazole rings is 1. The number of carbonyl (C=O) groups is 1. The van der Waals surface area contributed by atoms with Crippen molar-refractivity contribution >= 4 is 61.5 Å². The molecule has 0 aliphatic carbocycles. The number of pyridine rings is 1. The summed E-state index contributed by atoms with van der Waals surface area (Å²) in [7, 11) is 0. The molecule has 24 heavy (non-hydrogen) atoms. The highest BCUT2D eigenvalue weighted by atomic mass is 35.5. The molecule has 0 saturated heterocycles. The Morgan fingerprint density at radius 1 is 1.21 bits per heavy atom. The molecule has 0 amide bonds. The molecule has 2 aromatic carbocycles. The zero-order chi connectivity index (χ0) is 16.7. The number of hydrogen-bond acceptors (Lipinski definition) is 5. The smallest absolute Gasteiger partial charge is 0.335 e. The molecule has 4 aromatic rings. The SMILES string of the molecule is O=C(O)c1ccc2c(c1)nc(Nc1cccc(Cl)c1)c1ncsc12. The van der Waals surface area contributed by atoms with E-state index in [9.17, 15) is 9.90 Å². The third kappa shape index (κ3) is 2.55. The summed E-state index contributed by atoms with van der Waals surface area (Å²) in [6.45, 7) is 0. The van der Waals surface area contributed by atoms with Gasteiger partial charge in [-0.05, 0) is 30.3 Å². The second-order valence-corrected chi connectivity index (χ2v) is 6.45. The van der Waals surface area contributed by atoms with Crippen LogP contribution in [0, 0.1) is 0 Å². The second-order valence-electron chi connectivity index (χ2n) is 5.16. The largest absolute Gasteiger partial charge is 0.478 e. The molecule has 0 radical (unpaired) electrons. The van der Waals surface area contributed by atoms with Crippen LogP contribution in [0.3, 0.4) is 0 Å². The Morgan fingerprint density at radius 3 is 2.88 bits per heavy atom. The van der Waals surface area contributed by atoms with Gasteiger partial charge in [-0.1, -0.05) is 23.7 Å². The number of aromatic nitrogens is 2. The van der Waals surface area contributed by atoms with Gasteiger partial charge in [0.15, 0.2) is 5.82 Å². The van der Waals surface area contributed by atoms with Crippen LogP contribution < -0.4 is 5.32 Å². The van der Waals surface area contributed by atoms with Crippen LogP contribution in [0.25, 0.3) is 21.1 Å². The lowest BCUT2D eigenvalue weighted by molar-refractivity contribution is 0.0697. The Bertz CT molecular complexity index is 1090. The molecule has 0 saturated carbocycles. The Labute approximate surface area is 145 Å². The van der Waals surface area contributed by atoms with Gasteiger partial charge in [-0.15, -0.1) is 11.3 Å². The Balaban J connectivity index is 1.92. The third-order valence-corrected chi connectivity index (χ3v) is 4.70. The fourth-order valence-electron chi connectivity index (χ4n) is 2.52. The van der Waals surface area contributed by atoms with Gasteiger partial charge in [0, 0.05) is 16.1 Å². The molecule has 118 valence electrons. The van der Waals surface area contributed by atoms with Crippen LogP contribution in [0.2, 0.25) is 5.02 Å². The highest BCUT2D eigenvalue weighted by Gasteiger charge is 2.13. The first-order valence-electron chi connectivity index (χ1n) is 7.04. The molecule has 0 bridgehead atoms. The summed E-state index contributed by atoms with van der Waals surface area (Å²) >= 11 is 7.51. The first kappa shape index (κ1) is 14.9. The average Bonchev–Trinajstić information content (AvgIpc) is 3.04. The molecular formula is C17H10ClN3O2S. The van der Waals surface area contributed by atoms with Crippen molar-refractivity contribution in [3.8, 4) is 0 Å². The number of carboxylic acid groups (broad SMARTS) is 1. The summed E-state index contributed by atoms with van der Waals surface area (Å²) in [4.78, 5) is 20.2. The third-order valence-electron chi connectivity index (χ3n) is 3.60. The van der Waals surface area contributed by atoms with E-state index in [1.807, 2.05) is 12.1 Å². The van der Waals surface area contributed by atoms with Gasteiger partial charge in [0.25, 0.3) is 0 Å². The Morgan fingerprint density at radius 2 is 2.08 bits per heavy atom. The summed E-state index contributed by atoms with van der Waals surface area (Å²) in [5.74, 6) is -0.406. The Hall–Kier alpha value is -2.70. The van der Waals surface area contributed by atoms with Gasteiger partial charge in [-0.25, -0.2) is 14.8 Å². The normalized spacial score (nSPS) is 11.0. The molecular weight excluding hydrogens is 346 g/mol. The van der Waals surface area contributed by atoms with Gasteiger partial charge in [0.2, 0.25) is 0 Å². The molecule has 7 heteroatoms. The molecule has 0 fully saturated rings. The lowest BCUT2D eigenvalue weighted by Crippen LogP contribution is -1.98. The van der Waals surface area contributed by atoms with Crippen molar-refractivity contribution < 1.29 is 9.90 Å². The predicted octanol–water partition coefficient (Wildman–Crippen LogP) is 4.94. The van der Waals surface area contributed by atoms with E-state index in [1.54, 1.807) is 35.8 Å².